The summed E-state index contributed by atoms with van der Waals surface area (Å²) in [4.78, 5) is 10.6. The molecule has 1 heterocycles. The van der Waals surface area contributed by atoms with Gasteiger partial charge in [-0.3, -0.25) is 4.79 Å². The maximum Gasteiger partial charge on any atom is 0.303 e. The molecule has 0 bridgehead atoms. The molecule has 1 atom stereocenters. The van der Waals surface area contributed by atoms with Crippen LogP contribution in [0.2, 0.25) is 0 Å². The number of rotatable bonds is 2. The number of hydrogen-bond acceptors (Lipinski definition) is 3. The minimum Gasteiger partial charge on any atom is -0.458 e. The second kappa shape index (κ2) is 3.72. The van der Waals surface area contributed by atoms with Crippen LogP contribution in [0.15, 0.2) is 10.8 Å². The molecule has 0 N–H and O–H groups in total. The van der Waals surface area contributed by atoms with E-state index in [4.69, 9.17) is 4.74 Å². The molecule has 12 heavy (non-hydrogen) atoms. The second-order valence-corrected chi connectivity index (χ2v) is 3.51. The van der Waals surface area contributed by atoms with Crippen LogP contribution in [0.5, 0.6) is 0 Å². The van der Waals surface area contributed by atoms with Crippen molar-refractivity contribution in [1.82, 2.24) is 0 Å². The third-order valence-electron chi connectivity index (χ3n) is 1.68. The molecule has 1 aromatic heterocycles. The molecule has 3 heteroatoms. The molecule has 0 unspecified atom stereocenters. The van der Waals surface area contributed by atoms with Crippen molar-refractivity contribution in [2.45, 2.75) is 26.9 Å². The van der Waals surface area contributed by atoms with Crippen LogP contribution in [0.4, 0.5) is 0 Å². The predicted molar refractivity (Wildman–Crippen MR) is 49.2 cm³/mol. The number of aryl methyl sites for hydroxylation is 1. The Kier molecular flexibility index (Phi) is 2.87. The molecule has 0 radical (unpaired) electrons. The van der Waals surface area contributed by atoms with Gasteiger partial charge >= 0.3 is 5.97 Å². The molecule has 2 nitrogen and oxygen atoms in total. The van der Waals surface area contributed by atoms with Gasteiger partial charge in [0.05, 0.1) is 0 Å². The largest absolute Gasteiger partial charge is 0.458 e. The van der Waals surface area contributed by atoms with E-state index in [1.165, 1.54) is 12.5 Å². The highest BCUT2D eigenvalue weighted by Gasteiger charge is 2.11. The van der Waals surface area contributed by atoms with Gasteiger partial charge in [-0.1, -0.05) is 0 Å². The lowest BCUT2D eigenvalue weighted by Crippen LogP contribution is -2.04. The maximum absolute atomic E-state index is 10.6. The fourth-order valence-corrected chi connectivity index (χ4v) is 2.03. The Morgan fingerprint density at radius 3 is 2.67 bits per heavy atom. The van der Waals surface area contributed by atoms with E-state index in [0.29, 0.717) is 0 Å². The van der Waals surface area contributed by atoms with Gasteiger partial charge in [0, 0.05) is 12.5 Å². The van der Waals surface area contributed by atoms with Crippen LogP contribution in [-0.2, 0) is 9.53 Å². The molecular weight excluding hydrogens is 172 g/mol. The monoisotopic (exact) mass is 184 g/mol. The third-order valence-corrected chi connectivity index (χ3v) is 2.56. The van der Waals surface area contributed by atoms with Crippen molar-refractivity contribution in [2.24, 2.45) is 0 Å². The van der Waals surface area contributed by atoms with Crippen LogP contribution in [0.25, 0.3) is 0 Å². The first kappa shape index (κ1) is 9.26. The summed E-state index contributed by atoms with van der Waals surface area (Å²) in [6, 6.07) is 0. The lowest BCUT2D eigenvalue weighted by molar-refractivity contribution is -0.145. The van der Waals surface area contributed by atoms with Crippen LogP contribution < -0.4 is 0 Å². The standard InChI is InChI=1S/C9H12O2S/c1-6-4-12-5-9(6)7(2)11-8(3)10/h4-5,7H,1-3H3/t7-/m1/s1. The first-order valence-electron chi connectivity index (χ1n) is 3.81. The van der Waals surface area contributed by atoms with Crippen molar-refractivity contribution in [3.05, 3.63) is 21.9 Å². The highest BCUT2D eigenvalue weighted by Crippen LogP contribution is 2.23. The molecule has 0 fully saturated rings. The molecular formula is C9H12O2S. The zero-order valence-electron chi connectivity index (χ0n) is 7.46. The molecule has 0 saturated heterocycles. The minimum atomic E-state index is -0.229. The SMILES string of the molecule is CC(=O)O[C@H](C)c1cscc1C. The Morgan fingerprint density at radius 2 is 2.25 bits per heavy atom. The van der Waals surface area contributed by atoms with E-state index in [2.05, 4.69) is 5.38 Å². The Balaban J connectivity index is 2.71. The molecule has 0 spiro atoms. The summed E-state index contributed by atoms with van der Waals surface area (Å²) >= 11 is 1.63. The highest BCUT2D eigenvalue weighted by atomic mass is 32.1. The normalized spacial score (nSPS) is 12.6. The van der Waals surface area contributed by atoms with Gasteiger partial charge < -0.3 is 4.74 Å². The Labute approximate surface area is 76.2 Å². The summed E-state index contributed by atoms with van der Waals surface area (Å²) in [5, 5.41) is 4.07. The van der Waals surface area contributed by atoms with Gasteiger partial charge in [-0.05, 0) is 30.2 Å². The van der Waals surface area contributed by atoms with Crippen molar-refractivity contribution in [3.63, 3.8) is 0 Å². The zero-order valence-corrected chi connectivity index (χ0v) is 8.27. The maximum atomic E-state index is 10.6. The van der Waals surface area contributed by atoms with Crippen molar-refractivity contribution in [1.29, 1.82) is 0 Å². The molecule has 0 aromatic carbocycles. The number of hydrogen-bond donors (Lipinski definition) is 0. The van der Waals surface area contributed by atoms with E-state index in [0.717, 1.165) is 5.56 Å². The number of carbonyl (C=O) groups excluding carboxylic acids is 1. The van der Waals surface area contributed by atoms with Crippen LogP contribution in [0, 0.1) is 6.92 Å². The van der Waals surface area contributed by atoms with E-state index in [9.17, 15) is 4.79 Å². The summed E-state index contributed by atoms with van der Waals surface area (Å²) in [6.45, 7) is 5.33. The van der Waals surface area contributed by atoms with Crippen LogP contribution in [0.1, 0.15) is 31.1 Å². The lowest BCUT2D eigenvalue weighted by atomic mass is 10.1. The Bertz CT molecular complexity index is 278. The topological polar surface area (TPSA) is 26.3 Å². The van der Waals surface area contributed by atoms with E-state index >= 15 is 0 Å². The molecule has 66 valence electrons. The highest BCUT2D eigenvalue weighted by molar-refractivity contribution is 7.08. The molecule has 0 aliphatic carbocycles. The van der Waals surface area contributed by atoms with E-state index in [-0.39, 0.29) is 12.1 Å². The van der Waals surface area contributed by atoms with E-state index in [1.54, 1.807) is 11.3 Å². The van der Waals surface area contributed by atoms with Crippen LogP contribution in [0.3, 0.4) is 0 Å². The summed E-state index contributed by atoms with van der Waals surface area (Å²) in [6.07, 6.45) is -0.117. The molecule has 1 rings (SSSR count). The van der Waals surface area contributed by atoms with Crippen LogP contribution >= 0.6 is 11.3 Å². The number of ether oxygens (including phenoxy) is 1. The van der Waals surface area contributed by atoms with Crippen molar-refractivity contribution in [3.8, 4) is 0 Å². The number of esters is 1. The Morgan fingerprint density at radius 1 is 1.58 bits per heavy atom. The lowest BCUT2D eigenvalue weighted by Gasteiger charge is -2.10. The first-order chi connectivity index (χ1) is 5.61. The first-order valence-corrected chi connectivity index (χ1v) is 4.75. The van der Waals surface area contributed by atoms with Crippen LogP contribution in [-0.4, -0.2) is 5.97 Å². The molecule has 0 aliphatic heterocycles. The Hall–Kier alpha value is -0.830. The van der Waals surface area contributed by atoms with Gasteiger partial charge in [0.15, 0.2) is 0 Å². The van der Waals surface area contributed by atoms with Gasteiger partial charge in [0.1, 0.15) is 6.10 Å². The third kappa shape index (κ3) is 2.08. The smallest absolute Gasteiger partial charge is 0.303 e. The van der Waals surface area contributed by atoms with Gasteiger partial charge in [-0.25, -0.2) is 0 Å². The summed E-state index contributed by atoms with van der Waals surface area (Å²) in [5.74, 6) is -0.229. The van der Waals surface area contributed by atoms with Crippen molar-refractivity contribution in [2.75, 3.05) is 0 Å². The van der Waals surface area contributed by atoms with Crippen molar-refractivity contribution < 1.29 is 9.53 Å². The minimum absolute atomic E-state index is 0.117. The van der Waals surface area contributed by atoms with Crippen molar-refractivity contribution >= 4 is 17.3 Å². The van der Waals surface area contributed by atoms with Gasteiger partial charge in [0.2, 0.25) is 0 Å². The van der Waals surface area contributed by atoms with Gasteiger partial charge in [-0.2, -0.15) is 11.3 Å². The molecule has 0 amide bonds. The summed E-state index contributed by atoms with van der Waals surface area (Å²) in [7, 11) is 0. The van der Waals surface area contributed by atoms with Gasteiger partial charge in [0.25, 0.3) is 0 Å². The quantitative estimate of drug-likeness (QED) is 0.660. The average molecular weight is 184 g/mol. The van der Waals surface area contributed by atoms with Gasteiger partial charge in [-0.15, -0.1) is 0 Å². The zero-order chi connectivity index (χ0) is 9.14. The molecule has 1 aromatic rings. The number of thiophene rings is 1. The summed E-state index contributed by atoms with van der Waals surface area (Å²) < 4.78 is 5.04. The molecule has 0 saturated carbocycles. The average Bonchev–Trinajstić information content (AvgIpc) is 2.33. The van der Waals surface area contributed by atoms with E-state index < -0.39 is 0 Å². The number of carbonyl (C=O) groups is 1. The van der Waals surface area contributed by atoms with E-state index in [1.807, 2.05) is 19.2 Å². The molecule has 0 aliphatic rings. The fourth-order valence-electron chi connectivity index (χ4n) is 1.10. The second-order valence-electron chi connectivity index (χ2n) is 2.76. The summed E-state index contributed by atoms with van der Waals surface area (Å²) in [5.41, 5.74) is 2.30. The predicted octanol–water partition coefficient (Wildman–Crippen LogP) is 2.68. The fraction of sp³-hybridized carbons (Fsp3) is 0.444.